The normalized spacial score (nSPS) is 11.2. The number of aromatic nitrogens is 2. The zero-order valence-electron chi connectivity index (χ0n) is 8.48. The first kappa shape index (κ1) is 10.2. The molecule has 80 valence electrons. The summed E-state index contributed by atoms with van der Waals surface area (Å²) in [6.07, 6.45) is 9.59. The first-order valence-electron chi connectivity index (χ1n) is 4.74. The van der Waals surface area contributed by atoms with Gasteiger partial charge < -0.3 is 9.47 Å². The lowest BCUT2D eigenvalue weighted by Gasteiger charge is -2.10. The molecule has 16 heavy (non-hydrogen) atoms. The van der Waals surface area contributed by atoms with E-state index >= 15 is 0 Å². The van der Waals surface area contributed by atoms with Crippen molar-refractivity contribution in [2.45, 2.75) is 0 Å². The van der Waals surface area contributed by atoms with Crippen molar-refractivity contribution >= 4 is 0 Å². The van der Waals surface area contributed by atoms with Crippen LogP contribution in [-0.4, -0.2) is 9.97 Å². The van der Waals surface area contributed by atoms with Gasteiger partial charge in [0, 0.05) is 24.8 Å². The van der Waals surface area contributed by atoms with Gasteiger partial charge in [-0.3, -0.25) is 9.97 Å². The van der Waals surface area contributed by atoms with Crippen LogP contribution in [0.25, 0.3) is 0 Å². The Morgan fingerprint density at radius 3 is 1.50 bits per heavy atom. The zero-order chi connectivity index (χ0) is 11.1. The van der Waals surface area contributed by atoms with Gasteiger partial charge in [0.05, 0.1) is 0 Å². The third-order valence-electron chi connectivity index (χ3n) is 1.77. The lowest BCUT2D eigenvalue weighted by molar-refractivity contribution is 0.362. The van der Waals surface area contributed by atoms with E-state index in [2.05, 4.69) is 9.97 Å². The van der Waals surface area contributed by atoms with E-state index in [0.29, 0.717) is 0 Å². The van der Waals surface area contributed by atoms with E-state index in [0.717, 1.165) is 11.5 Å². The summed E-state index contributed by atoms with van der Waals surface area (Å²) in [6.45, 7) is 0. The number of hydrogen-bond acceptors (Lipinski definition) is 4. The van der Waals surface area contributed by atoms with Gasteiger partial charge in [-0.1, -0.05) is 12.1 Å². The minimum atomic E-state index is 0.769. The monoisotopic (exact) mass is 214 g/mol. The van der Waals surface area contributed by atoms with Crippen LogP contribution in [0.4, 0.5) is 0 Å². The molecule has 0 amide bonds. The highest BCUT2D eigenvalue weighted by molar-refractivity contribution is 5.41. The fourth-order valence-electron chi connectivity index (χ4n) is 1.10. The summed E-state index contributed by atoms with van der Waals surface area (Å²) in [4.78, 5) is 7.44. The molecule has 1 aliphatic heterocycles. The molecule has 2 heterocycles. The number of benzene rings is 1. The van der Waals surface area contributed by atoms with Crippen molar-refractivity contribution in [3.05, 3.63) is 61.6 Å². The summed E-state index contributed by atoms with van der Waals surface area (Å²) in [5.74, 6) is 1.54. The molecule has 1 aliphatic rings. The summed E-state index contributed by atoms with van der Waals surface area (Å²) in [5, 5.41) is 0. The quantitative estimate of drug-likeness (QED) is 0.675. The Labute approximate surface area is 93.2 Å². The highest BCUT2D eigenvalue weighted by Gasteiger charge is 2.04. The Balaban J connectivity index is 0.000000138. The van der Waals surface area contributed by atoms with Crippen molar-refractivity contribution in [1.29, 1.82) is 0 Å². The average molecular weight is 214 g/mol. The molecule has 1 aromatic carbocycles. The van der Waals surface area contributed by atoms with Crippen molar-refractivity contribution in [1.82, 2.24) is 9.97 Å². The molecular formula is C12H10N2O2. The summed E-state index contributed by atoms with van der Waals surface area (Å²) in [7, 11) is 0. The molecule has 0 radical (unpaired) electrons. The molecule has 4 nitrogen and oxygen atoms in total. The Morgan fingerprint density at radius 1 is 0.688 bits per heavy atom. The van der Waals surface area contributed by atoms with Gasteiger partial charge >= 0.3 is 0 Å². The first-order chi connectivity index (χ1) is 7.97. The molecule has 2 aromatic rings. The van der Waals surface area contributed by atoms with Crippen molar-refractivity contribution in [3.8, 4) is 11.5 Å². The maximum atomic E-state index is 5.12. The fourth-order valence-corrected chi connectivity index (χ4v) is 1.10. The largest absolute Gasteiger partial charge is 0.458 e. The van der Waals surface area contributed by atoms with Gasteiger partial charge in [-0.05, 0) is 12.1 Å². The molecule has 0 fully saturated rings. The third-order valence-corrected chi connectivity index (χ3v) is 1.77. The van der Waals surface area contributed by atoms with Crippen LogP contribution in [0.5, 0.6) is 11.5 Å². The van der Waals surface area contributed by atoms with Crippen LogP contribution in [0, 0.1) is 0 Å². The number of hydrogen-bond donors (Lipinski definition) is 0. The predicted octanol–water partition coefficient (Wildman–Crippen LogP) is 2.41. The van der Waals surface area contributed by atoms with Gasteiger partial charge in [0.15, 0.2) is 11.5 Å². The molecule has 0 aliphatic carbocycles. The molecule has 0 saturated carbocycles. The van der Waals surface area contributed by atoms with Gasteiger partial charge in [0.25, 0.3) is 0 Å². The van der Waals surface area contributed by atoms with E-state index in [4.69, 9.17) is 9.47 Å². The molecule has 0 N–H and O–H groups in total. The topological polar surface area (TPSA) is 44.2 Å². The van der Waals surface area contributed by atoms with Gasteiger partial charge in [-0.2, -0.15) is 0 Å². The maximum absolute atomic E-state index is 5.12. The molecule has 3 rings (SSSR count). The molecule has 0 bridgehead atoms. The minimum Gasteiger partial charge on any atom is -0.458 e. The second-order valence-electron chi connectivity index (χ2n) is 2.85. The van der Waals surface area contributed by atoms with Crippen LogP contribution in [0.15, 0.2) is 61.6 Å². The number of fused-ring (bicyclic) bond motifs is 1. The smallest absolute Gasteiger partial charge is 0.169 e. The minimum absolute atomic E-state index is 0.769. The maximum Gasteiger partial charge on any atom is 0.169 e. The summed E-state index contributed by atoms with van der Waals surface area (Å²) in [6, 6.07) is 7.53. The molecule has 0 unspecified atom stereocenters. The lowest BCUT2D eigenvalue weighted by atomic mass is 10.3. The van der Waals surface area contributed by atoms with Gasteiger partial charge in [-0.15, -0.1) is 0 Å². The van der Waals surface area contributed by atoms with Gasteiger partial charge in [-0.25, -0.2) is 0 Å². The molecule has 1 aromatic heterocycles. The number of ether oxygens (including phenoxy) is 2. The van der Waals surface area contributed by atoms with Crippen LogP contribution < -0.4 is 9.47 Å². The fraction of sp³-hybridized carbons (Fsp3) is 0. The Bertz CT molecular complexity index is 404. The van der Waals surface area contributed by atoms with E-state index in [-0.39, 0.29) is 0 Å². The molecule has 0 spiro atoms. The van der Waals surface area contributed by atoms with Crippen LogP contribution in [0.1, 0.15) is 0 Å². The SMILES string of the molecule is C1=COc2ccccc2O1.c1cnccn1. The summed E-state index contributed by atoms with van der Waals surface area (Å²) in [5.41, 5.74) is 0. The van der Waals surface area contributed by atoms with E-state index in [1.165, 1.54) is 12.5 Å². The van der Waals surface area contributed by atoms with E-state index in [1.54, 1.807) is 24.8 Å². The average Bonchev–Trinajstić information content (AvgIpc) is 2.42. The van der Waals surface area contributed by atoms with Crippen LogP contribution >= 0.6 is 0 Å². The first-order valence-corrected chi connectivity index (χ1v) is 4.74. The van der Waals surface area contributed by atoms with E-state index in [1.807, 2.05) is 24.3 Å². The Hall–Kier alpha value is -2.36. The number of rotatable bonds is 0. The molecular weight excluding hydrogens is 204 g/mol. The number of nitrogens with zero attached hydrogens (tertiary/aromatic N) is 2. The van der Waals surface area contributed by atoms with E-state index in [9.17, 15) is 0 Å². The van der Waals surface area contributed by atoms with Crippen molar-refractivity contribution in [2.24, 2.45) is 0 Å². The Morgan fingerprint density at radius 2 is 1.12 bits per heavy atom. The lowest BCUT2D eigenvalue weighted by Crippen LogP contribution is -1.94. The van der Waals surface area contributed by atoms with Gasteiger partial charge in [0.1, 0.15) is 12.5 Å². The summed E-state index contributed by atoms with van der Waals surface area (Å²) >= 11 is 0. The van der Waals surface area contributed by atoms with Crippen molar-refractivity contribution in [2.75, 3.05) is 0 Å². The molecule has 4 heteroatoms. The second kappa shape index (κ2) is 5.50. The number of para-hydroxylation sites is 2. The zero-order valence-corrected chi connectivity index (χ0v) is 8.48. The van der Waals surface area contributed by atoms with Crippen LogP contribution in [-0.2, 0) is 0 Å². The van der Waals surface area contributed by atoms with E-state index < -0.39 is 0 Å². The third kappa shape index (κ3) is 2.81. The highest BCUT2D eigenvalue weighted by Crippen LogP contribution is 2.28. The molecule has 0 atom stereocenters. The van der Waals surface area contributed by atoms with Crippen LogP contribution in [0.2, 0.25) is 0 Å². The predicted molar refractivity (Wildman–Crippen MR) is 58.9 cm³/mol. The Kier molecular flexibility index (Phi) is 3.50. The second-order valence-corrected chi connectivity index (χ2v) is 2.85. The van der Waals surface area contributed by atoms with Gasteiger partial charge in [0.2, 0.25) is 0 Å². The van der Waals surface area contributed by atoms with Crippen LogP contribution in [0.3, 0.4) is 0 Å². The van der Waals surface area contributed by atoms with Crippen molar-refractivity contribution in [3.63, 3.8) is 0 Å². The molecule has 0 saturated heterocycles. The highest BCUT2D eigenvalue weighted by atomic mass is 16.5. The standard InChI is InChI=1S/C8H6O2.C4H4N2/c1-2-4-8-7(3-1)9-5-6-10-8;1-2-6-4-3-5-1/h1-6H;1-4H. The van der Waals surface area contributed by atoms with Crippen molar-refractivity contribution < 1.29 is 9.47 Å². The summed E-state index contributed by atoms with van der Waals surface area (Å²) < 4.78 is 10.2.